The van der Waals surface area contributed by atoms with Gasteiger partial charge in [-0.15, -0.1) is 0 Å². The van der Waals surface area contributed by atoms with Crippen LogP contribution in [0.5, 0.6) is 0 Å². The Bertz CT molecular complexity index is 205. The molecule has 0 unspecified atom stereocenters. The summed E-state index contributed by atoms with van der Waals surface area (Å²) in [5.74, 6) is 0. The highest BCUT2D eigenvalue weighted by Crippen LogP contribution is 2.25. The van der Waals surface area contributed by atoms with Crippen LogP contribution < -0.4 is 0 Å². The average molecular weight is 284 g/mol. The lowest BCUT2D eigenvalue weighted by Gasteiger charge is -2.45. The summed E-state index contributed by atoms with van der Waals surface area (Å²) in [4.78, 5) is 2.65. The topological polar surface area (TPSA) is 3.24 Å². The van der Waals surface area contributed by atoms with Crippen molar-refractivity contribution in [2.75, 3.05) is 6.54 Å². The van der Waals surface area contributed by atoms with Crippen LogP contribution in [0.25, 0.3) is 0 Å². The maximum absolute atomic E-state index is 2.65. The summed E-state index contributed by atoms with van der Waals surface area (Å²) in [5.41, 5.74) is 0.552. The molecule has 0 saturated heterocycles. The van der Waals surface area contributed by atoms with Crippen LogP contribution in [0.1, 0.15) is 106 Å². The highest BCUT2D eigenvalue weighted by Gasteiger charge is 2.30. The fourth-order valence-corrected chi connectivity index (χ4v) is 3.26. The Labute approximate surface area is 129 Å². The van der Waals surface area contributed by atoms with E-state index in [4.69, 9.17) is 0 Å². The van der Waals surface area contributed by atoms with Crippen LogP contribution >= 0.6 is 0 Å². The van der Waals surface area contributed by atoms with Gasteiger partial charge in [-0.05, 0) is 54.5 Å². The molecule has 0 radical (unpaired) electrons. The predicted molar refractivity (Wildman–Crippen MR) is 93.4 cm³/mol. The SMILES string of the molecule is CCCCCCCCCCCN(C(C)(C)C)C(C)(C)C. The van der Waals surface area contributed by atoms with Crippen molar-refractivity contribution in [2.45, 2.75) is 117 Å². The van der Waals surface area contributed by atoms with Gasteiger partial charge in [-0.25, -0.2) is 0 Å². The monoisotopic (exact) mass is 283 g/mol. The van der Waals surface area contributed by atoms with Crippen molar-refractivity contribution in [1.82, 2.24) is 4.90 Å². The zero-order valence-electron chi connectivity index (χ0n) is 15.5. The van der Waals surface area contributed by atoms with E-state index in [0.29, 0.717) is 0 Å². The Hall–Kier alpha value is -0.0400. The van der Waals surface area contributed by atoms with Crippen LogP contribution in [0, 0.1) is 0 Å². The highest BCUT2D eigenvalue weighted by atomic mass is 15.2. The minimum absolute atomic E-state index is 0.276. The Kier molecular flexibility index (Phi) is 9.80. The molecular formula is C19H41N. The van der Waals surface area contributed by atoms with Crippen molar-refractivity contribution >= 4 is 0 Å². The fourth-order valence-electron chi connectivity index (χ4n) is 3.26. The zero-order valence-corrected chi connectivity index (χ0v) is 15.5. The summed E-state index contributed by atoms with van der Waals surface area (Å²) in [6, 6.07) is 0. The van der Waals surface area contributed by atoms with Crippen LogP contribution in [0.15, 0.2) is 0 Å². The Morgan fingerprint density at radius 1 is 0.550 bits per heavy atom. The van der Waals surface area contributed by atoms with Gasteiger partial charge in [0.05, 0.1) is 0 Å². The van der Waals surface area contributed by atoms with E-state index in [1.165, 1.54) is 64.3 Å². The van der Waals surface area contributed by atoms with Crippen molar-refractivity contribution in [3.05, 3.63) is 0 Å². The molecule has 1 nitrogen and oxygen atoms in total. The van der Waals surface area contributed by atoms with Crippen molar-refractivity contribution in [3.8, 4) is 0 Å². The van der Waals surface area contributed by atoms with Crippen molar-refractivity contribution in [2.24, 2.45) is 0 Å². The zero-order chi connectivity index (χ0) is 15.6. The summed E-state index contributed by atoms with van der Waals surface area (Å²) < 4.78 is 0. The number of unbranched alkanes of at least 4 members (excludes halogenated alkanes) is 8. The molecule has 0 N–H and O–H groups in total. The third-order valence-electron chi connectivity index (χ3n) is 4.10. The lowest BCUT2D eigenvalue weighted by molar-refractivity contribution is 0.0367. The van der Waals surface area contributed by atoms with E-state index in [2.05, 4.69) is 53.4 Å². The van der Waals surface area contributed by atoms with E-state index < -0.39 is 0 Å². The third-order valence-corrected chi connectivity index (χ3v) is 4.10. The molecular weight excluding hydrogens is 242 g/mol. The van der Waals surface area contributed by atoms with Crippen LogP contribution in [0.3, 0.4) is 0 Å². The van der Waals surface area contributed by atoms with Gasteiger partial charge in [0.25, 0.3) is 0 Å². The second-order valence-corrected chi connectivity index (χ2v) is 8.32. The molecule has 0 aromatic rings. The summed E-state index contributed by atoms with van der Waals surface area (Å²) in [7, 11) is 0. The van der Waals surface area contributed by atoms with Crippen LogP contribution in [-0.2, 0) is 0 Å². The number of nitrogens with zero attached hydrogens (tertiary/aromatic N) is 1. The minimum atomic E-state index is 0.276. The molecule has 0 aliphatic carbocycles. The second-order valence-electron chi connectivity index (χ2n) is 8.32. The molecule has 0 aliphatic heterocycles. The number of rotatable bonds is 10. The lowest BCUT2D eigenvalue weighted by Crippen LogP contribution is -2.52. The van der Waals surface area contributed by atoms with Gasteiger partial charge in [0.2, 0.25) is 0 Å². The average Bonchev–Trinajstić information content (AvgIpc) is 2.28. The van der Waals surface area contributed by atoms with E-state index in [1.54, 1.807) is 0 Å². The van der Waals surface area contributed by atoms with Gasteiger partial charge in [0.1, 0.15) is 0 Å². The van der Waals surface area contributed by atoms with Crippen molar-refractivity contribution in [3.63, 3.8) is 0 Å². The van der Waals surface area contributed by atoms with Gasteiger partial charge in [-0.3, -0.25) is 4.90 Å². The Morgan fingerprint density at radius 2 is 0.900 bits per heavy atom. The van der Waals surface area contributed by atoms with E-state index >= 15 is 0 Å². The first-order chi connectivity index (χ1) is 9.19. The van der Waals surface area contributed by atoms with Gasteiger partial charge in [0.15, 0.2) is 0 Å². The van der Waals surface area contributed by atoms with Gasteiger partial charge in [-0.1, -0.05) is 58.3 Å². The summed E-state index contributed by atoms with van der Waals surface area (Å²) >= 11 is 0. The molecule has 122 valence electrons. The Balaban J connectivity index is 3.71. The fraction of sp³-hybridized carbons (Fsp3) is 1.00. The molecule has 1 heteroatoms. The first kappa shape index (κ1) is 20.0. The van der Waals surface area contributed by atoms with Crippen LogP contribution in [-0.4, -0.2) is 22.5 Å². The van der Waals surface area contributed by atoms with Gasteiger partial charge in [0, 0.05) is 11.1 Å². The maximum Gasteiger partial charge on any atom is 0.0130 e. The molecule has 0 heterocycles. The van der Waals surface area contributed by atoms with Gasteiger partial charge in [-0.2, -0.15) is 0 Å². The van der Waals surface area contributed by atoms with Crippen molar-refractivity contribution < 1.29 is 0 Å². The normalized spacial score (nSPS) is 13.2. The van der Waals surface area contributed by atoms with Gasteiger partial charge < -0.3 is 0 Å². The first-order valence-electron chi connectivity index (χ1n) is 8.97. The number of hydrogen-bond donors (Lipinski definition) is 0. The molecule has 0 rings (SSSR count). The van der Waals surface area contributed by atoms with E-state index in [9.17, 15) is 0 Å². The predicted octanol–water partition coefficient (Wildman–Crippen LogP) is 6.42. The largest absolute Gasteiger partial charge is 0.294 e. The molecule has 0 aromatic carbocycles. The van der Waals surface area contributed by atoms with E-state index in [1.807, 2.05) is 0 Å². The molecule has 0 spiro atoms. The van der Waals surface area contributed by atoms with Gasteiger partial charge >= 0.3 is 0 Å². The molecule has 0 aromatic heterocycles. The van der Waals surface area contributed by atoms with Crippen molar-refractivity contribution in [1.29, 1.82) is 0 Å². The molecule has 0 saturated carbocycles. The Morgan fingerprint density at radius 3 is 1.25 bits per heavy atom. The quantitative estimate of drug-likeness (QED) is 0.418. The molecule has 20 heavy (non-hydrogen) atoms. The molecule has 0 amide bonds. The minimum Gasteiger partial charge on any atom is -0.294 e. The van der Waals surface area contributed by atoms with Crippen LogP contribution in [0.2, 0.25) is 0 Å². The van der Waals surface area contributed by atoms with Crippen LogP contribution in [0.4, 0.5) is 0 Å². The molecule has 0 bridgehead atoms. The standard InChI is InChI=1S/C19H41N/c1-8-9-10-11-12-13-14-15-16-17-20(18(2,3)4)19(5,6)7/h8-17H2,1-7H3. The smallest absolute Gasteiger partial charge is 0.0130 e. The summed E-state index contributed by atoms with van der Waals surface area (Å²) in [5, 5.41) is 0. The third kappa shape index (κ3) is 9.80. The summed E-state index contributed by atoms with van der Waals surface area (Å²) in [6.45, 7) is 17.6. The second kappa shape index (κ2) is 9.82. The van der Waals surface area contributed by atoms with E-state index in [0.717, 1.165) is 0 Å². The summed E-state index contributed by atoms with van der Waals surface area (Å²) in [6.07, 6.45) is 12.7. The first-order valence-corrected chi connectivity index (χ1v) is 8.97. The lowest BCUT2D eigenvalue weighted by atomic mass is 9.95. The number of hydrogen-bond acceptors (Lipinski definition) is 1. The molecule has 0 atom stereocenters. The molecule has 0 aliphatic rings. The molecule has 0 fully saturated rings. The maximum atomic E-state index is 2.65. The highest BCUT2D eigenvalue weighted by molar-refractivity contribution is 4.86. The van der Waals surface area contributed by atoms with E-state index in [-0.39, 0.29) is 11.1 Å².